The third-order valence-corrected chi connectivity index (χ3v) is 8.97. The molecule has 1 heterocycles. The van der Waals surface area contributed by atoms with Gasteiger partial charge >= 0.3 is 0 Å². The van der Waals surface area contributed by atoms with E-state index in [1.165, 1.54) is 24.8 Å². The Hall–Kier alpha value is -4.11. The number of hydrogen-bond donors (Lipinski definition) is 2. The molecule has 0 bridgehead atoms. The van der Waals surface area contributed by atoms with E-state index in [-0.39, 0.29) is 16.4 Å². The summed E-state index contributed by atoms with van der Waals surface area (Å²) in [5.74, 6) is 0.0720. The van der Waals surface area contributed by atoms with Crippen LogP contribution in [0.15, 0.2) is 77.8 Å². The van der Waals surface area contributed by atoms with Crippen LogP contribution in [0.3, 0.4) is 0 Å². The van der Waals surface area contributed by atoms with Crippen LogP contribution in [0.1, 0.15) is 71.9 Å². The maximum Gasteiger partial charge on any atom is 0.265 e. The number of rotatable bonds is 13. The number of methoxy groups -OCH3 is 1. The fourth-order valence-electron chi connectivity index (χ4n) is 5.06. The van der Waals surface area contributed by atoms with Gasteiger partial charge in [-0.05, 0) is 54.3 Å². The van der Waals surface area contributed by atoms with Gasteiger partial charge in [-0.25, -0.2) is 13.1 Å². The minimum atomic E-state index is -4.01. The monoisotopic (exact) mass is 589 g/mol. The van der Waals surface area contributed by atoms with Crippen molar-refractivity contribution in [3.63, 3.8) is 0 Å². The number of fused-ring (bicyclic) bond motifs is 1. The number of nitrogens with one attached hydrogen (secondary N) is 2. The lowest BCUT2D eigenvalue weighted by atomic mass is 10.0. The predicted molar refractivity (Wildman–Crippen MR) is 166 cm³/mol. The number of carbonyl (C=O) groups excluding carboxylic acids is 2. The third-order valence-electron chi connectivity index (χ3n) is 7.62. The molecule has 42 heavy (non-hydrogen) atoms. The lowest BCUT2D eigenvalue weighted by molar-refractivity contribution is 0.0944. The molecule has 2 amide bonds. The van der Waals surface area contributed by atoms with E-state index >= 15 is 0 Å². The van der Waals surface area contributed by atoms with Gasteiger partial charge in [0.1, 0.15) is 5.75 Å². The lowest BCUT2D eigenvalue weighted by Crippen LogP contribution is -2.30. The average Bonchev–Trinajstić information content (AvgIpc) is 3.34. The van der Waals surface area contributed by atoms with Gasteiger partial charge in [0.05, 0.1) is 18.6 Å². The molecule has 0 aliphatic heterocycles. The van der Waals surface area contributed by atoms with E-state index in [0.717, 1.165) is 42.1 Å². The SMILES string of the molecule is CCCc1cn(Cc2ccc(C(=O)NS(=O)(=O)c3ccccc3)cc2OC)c2cc(C(=O)NCC(CC)CC)ccc12. The van der Waals surface area contributed by atoms with Gasteiger partial charge in [0.25, 0.3) is 21.8 Å². The molecule has 0 unspecified atom stereocenters. The molecule has 0 fully saturated rings. The molecular weight excluding hydrogens is 550 g/mol. The molecule has 2 N–H and O–H groups in total. The van der Waals surface area contributed by atoms with Gasteiger partial charge in [-0.1, -0.05) is 70.4 Å². The van der Waals surface area contributed by atoms with Crippen molar-refractivity contribution in [3.05, 3.63) is 95.2 Å². The lowest BCUT2D eigenvalue weighted by Gasteiger charge is -2.14. The highest BCUT2D eigenvalue weighted by molar-refractivity contribution is 7.90. The predicted octanol–water partition coefficient (Wildman–Crippen LogP) is 5.94. The Morgan fingerprint density at radius 1 is 0.881 bits per heavy atom. The molecule has 4 rings (SSSR count). The molecule has 0 saturated heterocycles. The normalized spacial score (nSPS) is 11.5. The highest BCUT2D eigenvalue weighted by Gasteiger charge is 2.20. The highest BCUT2D eigenvalue weighted by Crippen LogP contribution is 2.28. The summed E-state index contributed by atoms with van der Waals surface area (Å²) in [6, 6.07) is 18.5. The van der Waals surface area contributed by atoms with E-state index in [1.807, 2.05) is 18.2 Å². The second kappa shape index (κ2) is 13.7. The molecule has 0 atom stereocenters. The Bertz CT molecular complexity index is 1660. The molecule has 8 nitrogen and oxygen atoms in total. The van der Waals surface area contributed by atoms with Crippen molar-refractivity contribution in [3.8, 4) is 5.75 Å². The van der Waals surface area contributed by atoms with Gasteiger partial charge in [0, 0.05) is 40.3 Å². The average molecular weight is 590 g/mol. The van der Waals surface area contributed by atoms with Crippen LogP contribution in [0.25, 0.3) is 10.9 Å². The summed E-state index contributed by atoms with van der Waals surface area (Å²) in [5, 5.41) is 4.17. The van der Waals surface area contributed by atoms with E-state index in [4.69, 9.17) is 4.74 Å². The molecule has 0 aliphatic carbocycles. The quantitative estimate of drug-likeness (QED) is 0.201. The number of aryl methyl sites for hydroxylation is 1. The Morgan fingerprint density at radius 3 is 2.24 bits per heavy atom. The first kappa shape index (κ1) is 30.8. The summed E-state index contributed by atoms with van der Waals surface area (Å²) in [7, 11) is -2.50. The number of aromatic nitrogens is 1. The number of sulfonamides is 1. The molecule has 0 saturated carbocycles. The van der Waals surface area contributed by atoms with Crippen LogP contribution >= 0.6 is 0 Å². The van der Waals surface area contributed by atoms with Crippen molar-refractivity contribution in [1.82, 2.24) is 14.6 Å². The van der Waals surface area contributed by atoms with Gasteiger partial charge in [-0.15, -0.1) is 0 Å². The van der Waals surface area contributed by atoms with Crippen LogP contribution in [-0.2, 0) is 23.0 Å². The molecular formula is C33H39N3O5S. The molecule has 0 spiro atoms. The van der Waals surface area contributed by atoms with Crippen LogP contribution in [0.2, 0.25) is 0 Å². The van der Waals surface area contributed by atoms with Crippen LogP contribution in [0, 0.1) is 5.92 Å². The molecule has 0 radical (unpaired) electrons. The van der Waals surface area contributed by atoms with Gasteiger partial charge in [0.15, 0.2) is 0 Å². The van der Waals surface area contributed by atoms with Crippen LogP contribution in [-0.4, -0.2) is 38.5 Å². The van der Waals surface area contributed by atoms with Crippen LogP contribution in [0.5, 0.6) is 5.75 Å². The van der Waals surface area contributed by atoms with Crippen LogP contribution < -0.4 is 14.8 Å². The molecule has 0 aliphatic rings. The maximum absolute atomic E-state index is 13.0. The minimum absolute atomic E-state index is 0.00731. The summed E-state index contributed by atoms with van der Waals surface area (Å²) in [5.41, 5.74) is 3.71. The molecule has 222 valence electrons. The fourth-order valence-corrected chi connectivity index (χ4v) is 6.06. The molecule has 4 aromatic rings. The highest BCUT2D eigenvalue weighted by atomic mass is 32.2. The first-order chi connectivity index (χ1) is 20.2. The topological polar surface area (TPSA) is 106 Å². The first-order valence-corrected chi connectivity index (χ1v) is 15.9. The Kier molecular flexibility index (Phi) is 10.1. The summed E-state index contributed by atoms with van der Waals surface area (Å²) in [4.78, 5) is 25.9. The van der Waals surface area contributed by atoms with Crippen molar-refractivity contribution in [2.45, 2.75) is 57.9 Å². The number of carbonyl (C=O) groups is 2. The molecule has 9 heteroatoms. The van der Waals surface area contributed by atoms with Gasteiger partial charge in [0.2, 0.25) is 0 Å². The Labute approximate surface area is 248 Å². The van der Waals surface area contributed by atoms with Gasteiger partial charge in [-0.3, -0.25) is 9.59 Å². The number of ether oxygens (including phenoxy) is 1. The van der Waals surface area contributed by atoms with Crippen molar-refractivity contribution < 1.29 is 22.7 Å². The molecule has 1 aromatic heterocycles. The zero-order valence-corrected chi connectivity index (χ0v) is 25.5. The number of hydrogen-bond acceptors (Lipinski definition) is 5. The van der Waals surface area contributed by atoms with E-state index < -0.39 is 15.9 Å². The fraction of sp³-hybridized carbons (Fsp3) is 0.333. The number of amides is 2. The standard InChI is InChI=1S/C33H39N3O5S/c1-5-11-26-21-36(30-18-24(16-17-29(26)30)32(37)34-20-23(6-2)7-3)22-27-15-14-25(19-31(27)41-4)33(38)35-42(39,40)28-12-9-8-10-13-28/h8-10,12-19,21,23H,5-7,11,20,22H2,1-4H3,(H,34,37)(H,35,38). The zero-order chi connectivity index (χ0) is 30.3. The summed E-state index contributed by atoms with van der Waals surface area (Å²) in [6.07, 6.45) is 6.02. The van der Waals surface area contributed by atoms with Crippen molar-refractivity contribution in [2.24, 2.45) is 5.92 Å². The third kappa shape index (κ3) is 7.02. The van der Waals surface area contributed by atoms with E-state index in [1.54, 1.807) is 36.4 Å². The van der Waals surface area contributed by atoms with Crippen LogP contribution in [0.4, 0.5) is 0 Å². The summed E-state index contributed by atoms with van der Waals surface area (Å²) in [6.45, 7) is 7.48. The number of benzene rings is 3. The van der Waals surface area contributed by atoms with E-state index in [0.29, 0.717) is 30.3 Å². The largest absolute Gasteiger partial charge is 0.496 e. The van der Waals surface area contributed by atoms with E-state index in [2.05, 4.69) is 41.6 Å². The van der Waals surface area contributed by atoms with Crippen molar-refractivity contribution >= 4 is 32.7 Å². The summed E-state index contributed by atoms with van der Waals surface area (Å²) >= 11 is 0. The van der Waals surface area contributed by atoms with E-state index in [9.17, 15) is 18.0 Å². The van der Waals surface area contributed by atoms with Crippen molar-refractivity contribution in [2.75, 3.05) is 13.7 Å². The second-order valence-corrected chi connectivity index (χ2v) is 12.1. The first-order valence-electron chi connectivity index (χ1n) is 14.4. The van der Waals surface area contributed by atoms with Gasteiger partial charge < -0.3 is 14.6 Å². The van der Waals surface area contributed by atoms with Gasteiger partial charge in [-0.2, -0.15) is 0 Å². The molecule has 3 aromatic carbocycles. The number of nitrogens with zero attached hydrogens (tertiary/aromatic N) is 1. The smallest absolute Gasteiger partial charge is 0.265 e. The maximum atomic E-state index is 13.0. The Balaban J connectivity index is 1.61. The second-order valence-electron chi connectivity index (χ2n) is 10.4. The Morgan fingerprint density at radius 2 is 1.57 bits per heavy atom. The minimum Gasteiger partial charge on any atom is -0.496 e. The summed E-state index contributed by atoms with van der Waals surface area (Å²) < 4.78 is 35.1. The van der Waals surface area contributed by atoms with Crippen molar-refractivity contribution in [1.29, 1.82) is 0 Å². The zero-order valence-electron chi connectivity index (χ0n) is 24.6.